The van der Waals surface area contributed by atoms with E-state index in [0.717, 1.165) is 30.1 Å². The molecule has 0 aliphatic carbocycles. The van der Waals surface area contributed by atoms with Crippen LogP contribution in [0.1, 0.15) is 19.0 Å². The molecule has 14 heavy (non-hydrogen) atoms. The van der Waals surface area contributed by atoms with Gasteiger partial charge in [0.05, 0.1) is 18.4 Å². The Kier molecular flexibility index (Phi) is 2.32. The smallest absolute Gasteiger partial charge is 0.161 e. The Balaban J connectivity index is 2.35. The number of aromatic nitrogens is 1. The van der Waals surface area contributed by atoms with Crippen LogP contribution in [0.2, 0.25) is 0 Å². The number of likely N-dealkylation sites (N-methyl/N-ethyl adjacent to an activating group) is 1. The van der Waals surface area contributed by atoms with Crippen molar-refractivity contribution < 1.29 is 4.74 Å². The zero-order valence-corrected chi connectivity index (χ0v) is 8.95. The molecule has 0 spiro atoms. The van der Waals surface area contributed by atoms with Gasteiger partial charge in [-0.05, 0) is 19.4 Å². The second-order valence-electron chi connectivity index (χ2n) is 3.82. The molecule has 0 N–H and O–H groups in total. The zero-order chi connectivity index (χ0) is 10.1. The average Bonchev–Trinajstić information content (AvgIpc) is 2.19. The van der Waals surface area contributed by atoms with E-state index >= 15 is 0 Å². The summed E-state index contributed by atoms with van der Waals surface area (Å²) in [7, 11) is 2.10. The fraction of sp³-hybridized carbons (Fsp3) is 0.545. The van der Waals surface area contributed by atoms with Crippen molar-refractivity contribution in [2.24, 2.45) is 0 Å². The van der Waals surface area contributed by atoms with Gasteiger partial charge in [-0.15, -0.1) is 0 Å². The molecule has 0 aromatic carbocycles. The summed E-state index contributed by atoms with van der Waals surface area (Å²) in [6, 6.07) is 2.07. The molecule has 1 atom stereocenters. The molecule has 0 saturated carbocycles. The van der Waals surface area contributed by atoms with Crippen molar-refractivity contribution >= 4 is 5.69 Å². The highest BCUT2D eigenvalue weighted by atomic mass is 16.5. The topological polar surface area (TPSA) is 25.4 Å². The Labute approximate surface area is 84.7 Å². The lowest BCUT2D eigenvalue weighted by Crippen LogP contribution is -2.37. The van der Waals surface area contributed by atoms with Crippen molar-refractivity contribution in [2.45, 2.75) is 26.4 Å². The van der Waals surface area contributed by atoms with E-state index in [1.165, 1.54) is 0 Å². The monoisotopic (exact) mass is 192 g/mol. The summed E-state index contributed by atoms with van der Waals surface area (Å²) < 4.78 is 5.80. The number of nitrogens with zero attached hydrogens (tertiary/aromatic N) is 2. The lowest BCUT2D eigenvalue weighted by molar-refractivity contribution is 0.191. The van der Waals surface area contributed by atoms with Crippen LogP contribution in [-0.4, -0.2) is 24.7 Å². The first-order valence-electron chi connectivity index (χ1n) is 5.05. The van der Waals surface area contributed by atoms with Crippen molar-refractivity contribution in [2.75, 3.05) is 18.5 Å². The standard InChI is InChI=1S/C11H16N2O/c1-4-9-7-13(3)10-5-8(2)12-6-11(10)14-9/h5-6,9H,4,7H2,1-3H3. The van der Waals surface area contributed by atoms with Gasteiger partial charge in [-0.25, -0.2) is 0 Å². The molecule has 1 aromatic heterocycles. The minimum atomic E-state index is 0.303. The summed E-state index contributed by atoms with van der Waals surface area (Å²) in [4.78, 5) is 6.48. The van der Waals surface area contributed by atoms with E-state index in [0.29, 0.717) is 6.10 Å². The van der Waals surface area contributed by atoms with E-state index in [-0.39, 0.29) is 0 Å². The van der Waals surface area contributed by atoms with Gasteiger partial charge in [0.25, 0.3) is 0 Å². The Morgan fingerprint density at radius 3 is 3.14 bits per heavy atom. The van der Waals surface area contributed by atoms with E-state index in [4.69, 9.17) is 4.74 Å². The van der Waals surface area contributed by atoms with Crippen molar-refractivity contribution in [3.8, 4) is 5.75 Å². The fourth-order valence-corrected chi connectivity index (χ4v) is 1.76. The van der Waals surface area contributed by atoms with Crippen LogP contribution in [0.5, 0.6) is 5.75 Å². The van der Waals surface area contributed by atoms with Gasteiger partial charge in [-0.1, -0.05) is 6.92 Å². The Bertz CT molecular complexity index is 338. The molecule has 1 unspecified atom stereocenters. The molecule has 0 saturated heterocycles. The van der Waals surface area contributed by atoms with Crippen molar-refractivity contribution in [1.82, 2.24) is 4.98 Å². The molecule has 1 aliphatic heterocycles. The first-order chi connectivity index (χ1) is 6.70. The van der Waals surface area contributed by atoms with Crippen molar-refractivity contribution in [3.63, 3.8) is 0 Å². The molecule has 1 aliphatic rings. The van der Waals surface area contributed by atoms with E-state index in [1.54, 1.807) is 0 Å². The van der Waals surface area contributed by atoms with Gasteiger partial charge in [-0.3, -0.25) is 4.98 Å². The van der Waals surface area contributed by atoms with Crippen molar-refractivity contribution in [3.05, 3.63) is 18.0 Å². The Hall–Kier alpha value is -1.25. The summed E-state index contributed by atoms with van der Waals surface area (Å²) in [5, 5.41) is 0. The predicted molar refractivity (Wildman–Crippen MR) is 57.0 cm³/mol. The molecule has 0 fully saturated rings. The minimum absolute atomic E-state index is 0.303. The third kappa shape index (κ3) is 1.54. The lowest BCUT2D eigenvalue weighted by atomic mass is 10.2. The quantitative estimate of drug-likeness (QED) is 0.680. The number of rotatable bonds is 1. The molecule has 76 valence electrons. The third-order valence-electron chi connectivity index (χ3n) is 2.62. The van der Waals surface area contributed by atoms with Crippen molar-refractivity contribution in [1.29, 1.82) is 0 Å². The number of aryl methyl sites for hydroxylation is 1. The number of hydrogen-bond acceptors (Lipinski definition) is 3. The fourth-order valence-electron chi connectivity index (χ4n) is 1.76. The molecule has 2 rings (SSSR count). The summed E-state index contributed by atoms with van der Waals surface area (Å²) in [5.41, 5.74) is 2.19. The zero-order valence-electron chi connectivity index (χ0n) is 8.95. The van der Waals surface area contributed by atoms with Gasteiger partial charge in [0.2, 0.25) is 0 Å². The summed E-state index contributed by atoms with van der Waals surface area (Å²) >= 11 is 0. The highest BCUT2D eigenvalue weighted by Gasteiger charge is 2.22. The number of pyridine rings is 1. The molecule has 1 aromatic rings. The summed E-state index contributed by atoms with van der Waals surface area (Å²) in [6.45, 7) is 5.11. The molecule has 0 amide bonds. The van der Waals surface area contributed by atoms with Crippen LogP contribution >= 0.6 is 0 Å². The highest BCUT2D eigenvalue weighted by Crippen LogP contribution is 2.32. The number of ether oxygens (including phenoxy) is 1. The molecule has 0 bridgehead atoms. The minimum Gasteiger partial charge on any atom is -0.485 e. The van der Waals surface area contributed by atoms with Gasteiger partial charge in [-0.2, -0.15) is 0 Å². The van der Waals surface area contributed by atoms with Gasteiger partial charge in [0.15, 0.2) is 5.75 Å². The summed E-state index contributed by atoms with van der Waals surface area (Å²) in [5.74, 6) is 0.913. The number of anilines is 1. The van der Waals surface area contributed by atoms with Crippen LogP contribution in [0, 0.1) is 6.92 Å². The first kappa shape index (κ1) is 9.31. The van der Waals surface area contributed by atoms with E-state index in [2.05, 4.69) is 29.9 Å². The van der Waals surface area contributed by atoms with Gasteiger partial charge >= 0.3 is 0 Å². The maximum Gasteiger partial charge on any atom is 0.161 e. The molecular weight excluding hydrogens is 176 g/mol. The Morgan fingerprint density at radius 2 is 2.43 bits per heavy atom. The van der Waals surface area contributed by atoms with Gasteiger partial charge in [0.1, 0.15) is 6.10 Å². The van der Waals surface area contributed by atoms with E-state index in [1.807, 2.05) is 13.1 Å². The van der Waals surface area contributed by atoms with Crippen LogP contribution in [0.4, 0.5) is 5.69 Å². The van der Waals surface area contributed by atoms with Crippen LogP contribution < -0.4 is 9.64 Å². The number of hydrogen-bond donors (Lipinski definition) is 0. The third-order valence-corrected chi connectivity index (χ3v) is 2.62. The molecular formula is C11H16N2O. The highest BCUT2D eigenvalue weighted by molar-refractivity contribution is 5.59. The van der Waals surface area contributed by atoms with Crippen LogP contribution in [0.25, 0.3) is 0 Å². The number of fused-ring (bicyclic) bond motifs is 1. The average molecular weight is 192 g/mol. The van der Waals surface area contributed by atoms with Gasteiger partial charge in [0, 0.05) is 12.7 Å². The van der Waals surface area contributed by atoms with Gasteiger partial charge < -0.3 is 9.64 Å². The largest absolute Gasteiger partial charge is 0.485 e. The molecule has 3 nitrogen and oxygen atoms in total. The van der Waals surface area contributed by atoms with Crippen LogP contribution in [0.3, 0.4) is 0 Å². The lowest BCUT2D eigenvalue weighted by Gasteiger charge is -2.33. The maximum absolute atomic E-state index is 5.80. The second-order valence-corrected chi connectivity index (χ2v) is 3.82. The maximum atomic E-state index is 5.80. The summed E-state index contributed by atoms with van der Waals surface area (Å²) in [6.07, 6.45) is 3.16. The van der Waals surface area contributed by atoms with E-state index < -0.39 is 0 Å². The predicted octanol–water partition coefficient (Wildman–Crippen LogP) is 2.00. The van der Waals surface area contributed by atoms with E-state index in [9.17, 15) is 0 Å². The SMILES string of the molecule is CCC1CN(C)c2cc(C)ncc2O1. The molecule has 3 heteroatoms. The molecule has 0 radical (unpaired) electrons. The second kappa shape index (κ2) is 3.48. The molecule has 2 heterocycles. The van der Waals surface area contributed by atoms with Crippen LogP contribution in [0.15, 0.2) is 12.3 Å². The normalized spacial score (nSPS) is 20.2. The first-order valence-corrected chi connectivity index (χ1v) is 5.05. The Morgan fingerprint density at radius 1 is 1.64 bits per heavy atom. The van der Waals surface area contributed by atoms with Crippen LogP contribution in [-0.2, 0) is 0 Å².